The average Bonchev–Trinajstić information content (AvgIpc) is 2.51. The van der Waals surface area contributed by atoms with Crippen LogP contribution in [0.15, 0.2) is 42.5 Å². The van der Waals surface area contributed by atoms with Crippen molar-refractivity contribution >= 4 is 46.4 Å². The molecular formula is C19H20Cl2N2O3. The van der Waals surface area contributed by atoms with Crippen LogP contribution in [-0.2, 0) is 9.59 Å². The number of hydrogen-bond donors (Lipinski definition) is 2. The Morgan fingerprint density at radius 3 is 2.23 bits per heavy atom. The zero-order valence-electron chi connectivity index (χ0n) is 14.7. The summed E-state index contributed by atoms with van der Waals surface area (Å²) in [5, 5.41) is 6.33. The van der Waals surface area contributed by atoms with Crippen molar-refractivity contribution in [3.05, 3.63) is 52.5 Å². The molecular weight excluding hydrogens is 375 g/mol. The molecule has 7 heteroatoms. The van der Waals surface area contributed by atoms with Gasteiger partial charge in [-0.05, 0) is 30.3 Å². The highest BCUT2D eigenvalue weighted by atomic mass is 35.5. The van der Waals surface area contributed by atoms with Crippen LogP contribution in [0.2, 0.25) is 10.0 Å². The van der Waals surface area contributed by atoms with Gasteiger partial charge in [0, 0.05) is 32.9 Å². The van der Waals surface area contributed by atoms with Crippen molar-refractivity contribution < 1.29 is 14.3 Å². The van der Waals surface area contributed by atoms with Crippen LogP contribution in [0.5, 0.6) is 5.75 Å². The molecule has 0 aliphatic carbocycles. The number of rotatable bonds is 5. The summed E-state index contributed by atoms with van der Waals surface area (Å²) in [5.41, 5.74) is 0.585. The molecule has 26 heavy (non-hydrogen) atoms. The fourth-order valence-corrected chi connectivity index (χ4v) is 2.48. The van der Waals surface area contributed by atoms with Crippen molar-refractivity contribution in [2.45, 2.75) is 20.8 Å². The summed E-state index contributed by atoms with van der Waals surface area (Å²) in [6.07, 6.45) is 0. The van der Waals surface area contributed by atoms with Gasteiger partial charge in [0.25, 0.3) is 5.91 Å². The maximum atomic E-state index is 12.0. The lowest BCUT2D eigenvalue weighted by atomic mass is 9.95. The van der Waals surface area contributed by atoms with Crippen molar-refractivity contribution in [2.24, 2.45) is 5.41 Å². The minimum atomic E-state index is -0.505. The molecule has 0 spiro atoms. The number of carbonyl (C=O) groups excluding carboxylic acids is 2. The molecule has 0 unspecified atom stereocenters. The van der Waals surface area contributed by atoms with Crippen LogP contribution in [0.25, 0.3) is 0 Å². The predicted molar refractivity (Wildman–Crippen MR) is 105 cm³/mol. The van der Waals surface area contributed by atoms with Gasteiger partial charge in [0.2, 0.25) is 5.91 Å². The van der Waals surface area contributed by atoms with Crippen LogP contribution in [0.1, 0.15) is 20.8 Å². The summed E-state index contributed by atoms with van der Waals surface area (Å²) >= 11 is 11.8. The SMILES string of the molecule is CC(C)(C)C(=O)Nc1cccc(OCC(=O)Nc2cc(Cl)cc(Cl)c2)c1. The first-order chi connectivity index (χ1) is 12.1. The third kappa shape index (κ3) is 6.24. The summed E-state index contributed by atoms with van der Waals surface area (Å²) in [6.45, 7) is 5.29. The normalized spacial score (nSPS) is 11.0. The third-order valence-electron chi connectivity index (χ3n) is 3.29. The highest BCUT2D eigenvalue weighted by Crippen LogP contribution is 2.23. The van der Waals surface area contributed by atoms with Crippen molar-refractivity contribution in [1.29, 1.82) is 0 Å². The molecule has 2 N–H and O–H groups in total. The van der Waals surface area contributed by atoms with Gasteiger partial charge in [-0.2, -0.15) is 0 Å². The lowest BCUT2D eigenvalue weighted by Gasteiger charge is -2.18. The van der Waals surface area contributed by atoms with Gasteiger partial charge in [0.05, 0.1) is 0 Å². The molecule has 0 fully saturated rings. The molecule has 2 amide bonds. The molecule has 5 nitrogen and oxygen atoms in total. The molecule has 2 aromatic rings. The van der Waals surface area contributed by atoms with Crippen molar-refractivity contribution in [3.63, 3.8) is 0 Å². The molecule has 138 valence electrons. The maximum absolute atomic E-state index is 12.0. The number of halogens is 2. The smallest absolute Gasteiger partial charge is 0.262 e. The van der Waals surface area contributed by atoms with Gasteiger partial charge in [0.15, 0.2) is 6.61 Å². The fraction of sp³-hybridized carbons (Fsp3) is 0.263. The van der Waals surface area contributed by atoms with Gasteiger partial charge < -0.3 is 15.4 Å². The Hall–Kier alpha value is -2.24. The molecule has 0 aromatic heterocycles. The standard InChI is InChI=1S/C19H20Cl2N2O3/c1-19(2,3)18(25)23-14-5-4-6-16(10-14)26-11-17(24)22-15-8-12(20)7-13(21)9-15/h4-10H,11H2,1-3H3,(H,22,24)(H,23,25). The molecule has 0 saturated heterocycles. The van der Waals surface area contributed by atoms with E-state index in [1.165, 1.54) is 0 Å². The van der Waals surface area contributed by atoms with Crippen molar-refractivity contribution in [3.8, 4) is 5.75 Å². The average molecular weight is 395 g/mol. The molecule has 0 radical (unpaired) electrons. The Kier molecular flexibility index (Phi) is 6.51. The van der Waals surface area contributed by atoms with Crippen LogP contribution in [-0.4, -0.2) is 18.4 Å². The largest absolute Gasteiger partial charge is 0.484 e. The highest BCUT2D eigenvalue weighted by molar-refractivity contribution is 6.35. The summed E-state index contributed by atoms with van der Waals surface area (Å²) in [4.78, 5) is 24.0. The lowest BCUT2D eigenvalue weighted by Crippen LogP contribution is -2.27. The predicted octanol–water partition coefficient (Wildman–Crippen LogP) is 5.00. The summed E-state index contributed by atoms with van der Waals surface area (Å²) in [5.74, 6) is 0.00803. The molecule has 0 aliphatic rings. The van der Waals surface area contributed by atoms with E-state index in [0.717, 1.165) is 0 Å². The molecule has 0 aliphatic heterocycles. The maximum Gasteiger partial charge on any atom is 0.262 e. The van der Waals surface area contributed by atoms with Gasteiger partial charge in [-0.1, -0.05) is 50.0 Å². The van der Waals surface area contributed by atoms with Gasteiger partial charge >= 0.3 is 0 Å². The molecule has 0 atom stereocenters. The Morgan fingerprint density at radius 2 is 1.62 bits per heavy atom. The third-order valence-corrected chi connectivity index (χ3v) is 3.73. The van der Waals surface area contributed by atoms with E-state index in [4.69, 9.17) is 27.9 Å². The Labute approximate surface area is 162 Å². The number of benzene rings is 2. The minimum Gasteiger partial charge on any atom is -0.484 e. The molecule has 2 rings (SSSR count). The van der Waals surface area contributed by atoms with Crippen molar-refractivity contribution in [2.75, 3.05) is 17.2 Å². The first-order valence-electron chi connectivity index (χ1n) is 7.94. The second-order valence-corrected chi connectivity index (χ2v) is 7.60. The van der Waals surface area contributed by atoms with Gasteiger partial charge in [-0.15, -0.1) is 0 Å². The number of ether oxygens (including phenoxy) is 1. The van der Waals surface area contributed by atoms with Crippen LogP contribution in [0, 0.1) is 5.41 Å². The van der Waals surface area contributed by atoms with Crippen LogP contribution >= 0.6 is 23.2 Å². The van der Waals surface area contributed by atoms with E-state index in [1.54, 1.807) is 42.5 Å². The number of amides is 2. The number of carbonyl (C=O) groups is 2. The first-order valence-corrected chi connectivity index (χ1v) is 8.69. The van der Waals surface area contributed by atoms with E-state index in [2.05, 4.69) is 10.6 Å². The lowest BCUT2D eigenvalue weighted by molar-refractivity contribution is -0.123. The van der Waals surface area contributed by atoms with Crippen LogP contribution in [0.3, 0.4) is 0 Å². The quantitative estimate of drug-likeness (QED) is 0.749. The number of nitrogens with one attached hydrogen (secondary N) is 2. The highest BCUT2D eigenvalue weighted by Gasteiger charge is 2.21. The van der Waals surface area contributed by atoms with Gasteiger partial charge in [-0.3, -0.25) is 9.59 Å². The van der Waals surface area contributed by atoms with Gasteiger partial charge in [0.1, 0.15) is 5.75 Å². The van der Waals surface area contributed by atoms with E-state index >= 15 is 0 Å². The zero-order chi connectivity index (χ0) is 19.3. The molecule has 2 aromatic carbocycles. The second kappa shape index (κ2) is 8.43. The van der Waals surface area contributed by atoms with E-state index < -0.39 is 5.41 Å². The minimum absolute atomic E-state index is 0.106. The Bertz CT molecular complexity index is 796. The zero-order valence-corrected chi connectivity index (χ0v) is 16.2. The number of hydrogen-bond acceptors (Lipinski definition) is 3. The number of anilines is 2. The second-order valence-electron chi connectivity index (χ2n) is 6.73. The van der Waals surface area contributed by atoms with E-state index in [-0.39, 0.29) is 18.4 Å². The molecule has 0 heterocycles. The first kappa shape index (κ1) is 20.1. The van der Waals surface area contributed by atoms with Gasteiger partial charge in [-0.25, -0.2) is 0 Å². The van der Waals surface area contributed by atoms with Crippen LogP contribution < -0.4 is 15.4 Å². The summed E-state index contributed by atoms with van der Waals surface area (Å²) < 4.78 is 5.48. The topological polar surface area (TPSA) is 67.4 Å². The Balaban J connectivity index is 1.93. The Morgan fingerprint density at radius 1 is 0.962 bits per heavy atom. The monoisotopic (exact) mass is 394 g/mol. The van der Waals surface area contributed by atoms with E-state index in [9.17, 15) is 9.59 Å². The fourth-order valence-electron chi connectivity index (χ4n) is 1.95. The molecule has 0 saturated carbocycles. The van der Waals surface area contributed by atoms with E-state index in [0.29, 0.717) is 27.2 Å². The van der Waals surface area contributed by atoms with Crippen molar-refractivity contribution in [1.82, 2.24) is 0 Å². The van der Waals surface area contributed by atoms with E-state index in [1.807, 2.05) is 20.8 Å². The molecule has 0 bridgehead atoms. The summed E-state index contributed by atoms with van der Waals surface area (Å²) in [6, 6.07) is 11.6. The van der Waals surface area contributed by atoms with Crippen LogP contribution in [0.4, 0.5) is 11.4 Å². The summed E-state index contributed by atoms with van der Waals surface area (Å²) in [7, 11) is 0.